The molecule has 2 aromatic carbocycles. The molecule has 1 aliphatic rings. The van der Waals surface area contributed by atoms with E-state index in [1.165, 1.54) is 12.1 Å². The van der Waals surface area contributed by atoms with Gasteiger partial charge in [-0.15, -0.1) is 0 Å². The van der Waals surface area contributed by atoms with E-state index in [-0.39, 0.29) is 11.4 Å². The molecule has 4 rings (SSSR count). The summed E-state index contributed by atoms with van der Waals surface area (Å²) in [7, 11) is 0. The zero-order valence-corrected chi connectivity index (χ0v) is 16.8. The first kappa shape index (κ1) is 21.2. The molecule has 1 fully saturated rings. The molecule has 1 N–H and O–H groups in total. The van der Waals surface area contributed by atoms with Crippen molar-refractivity contribution in [2.24, 2.45) is 0 Å². The molecule has 9 heteroatoms. The fourth-order valence-electron chi connectivity index (χ4n) is 3.71. The van der Waals surface area contributed by atoms with Crippen LogP contribution in [0.4, 0.5) is 18.9 Å². The van der Waals surface area contributed by atoms with Crippen LogP contribution in [0.25, 0.3) is 11.4 Å². The number of phenols is 1. The number of rotatable bonds is 6. The van der Waals surface area contributed by atoms with Crippen LogP contribution < -0.4 is 4.90 Å². The summed E-state index contributed by atoms with van der Waals surface area (Å²) in [6.07, 6.45) is -3.04. The summed E-state index contributed by atoms with van der Waals surface area (Å²) in [5.74, 6) is 0.876. The van der Waals surface area contributed by atoms with E-state index in [1.54, 1.807) is 6.07 Å². The Morgan fingerprint density at radius 3 is 2.52 bits per heavy atom. The van der Waals surface area contributed by atoms with Crippen LogP contribution in [0.3, 0.4) is 0 Å². The molecular weight excluding hydrogens is 409 g/mol. The highest BCUT2D eigenvalue weighted by Crippen LogP contribution is 2.31. The third-order valence-corrected chi connectivity index (χ3v) is 5.38. The molecular formula is C22H23F3N4O2. The maximum atomic E-state index is 12.9. The van der Waals surface area contributed by atoms with Crippen LogP contribution in [-0.4, -0.2) is 52.9 Å². The first-order valence-electron chi connectivity index (χ1n) is 10.2. The van der Waals surface area contributed by atoms with E-state index in [0.29, 0.717) is 18.1 Å². The molecule has 0 unspecified atom stereocenters. The Kier molecular flexibility index (Phi) is 6.13. The molecule has 2 heterocycles. The number of halogens is 3. The van der Waals surface area contributed by atoms with Crippen molar-refractivity contribution in [1.29, 1.82) is 0 Å². The summed E-state index contributed by atoms with van der Waals surface area (Å²) < 4.78 is 43.9. The first-order valence-corrected chi connectivity index (χ1v) is 10.2. The molecule has 164 valence electrons. The summed E-state index contributed by atoms with van der Waals surface area (Å²) in [6, 6.07) is 12.3. The van der Waals surface area contributed by atoms with Crippen LogP contribution in [-0.2, 0) is 12.6 Å². The van der Waals surface area contributed by atoms with Crippen molar-refractivity contribution < 1.29 is 22.8 Å². The number of hydrogen-bond acceptors (Lipinski definition) is 6. The highest BCUT2D eigenvalue weighted by atomic mass is 19.4. The highest BCUT2D eigenvalue weighted by Gasteiger charge is 2.30. The Morgan fingerprint density at radius 1 is 1.00 bits per heavy atom. The van der Waals surface area contributed by atoms with Crippen molar-refractivity contribution in [1.82, 2.24) is 15.0 Å². The number of anilines is 1. The van der Waals surface area contributed by atoms with Crippen LogP contribution in [0, 0.1) is 0 Å². The molecule has 0 bridgehead atoms. The SMILES string of the molecule is Oc1ccccc1N1CCN(CCCc2nc(-c3cccc(C(F)(F)F)c3)no2)CC1. The van der Waals surface area contributed by atoms with Gasteiger partial charge in [-0.2, -0.15) is 18.2 Å². The third kappa shape index (κ3) is 5.16. The van der Waals surface area contributed by atoms with Gasteiger partial charge in [0.1, 0.15) is 5.75 Å². The predicted molar refractivity (Wildman–Crippen MR) is 110 cm³/mol. The molecule has 1 aromatic heterocycles. The van der Waals surface area contributed by atoms with E-state index in [1.807, 2.05) is 18.2 Å². The quantitative estimate of drug-likeness (QED) is 0.629. The van der Waals surface area contributed by atoms with E-state index in [4.69, 9.17) is 4.52 Å². The molecule has 0 amide bonds. The third-order valence-electron chi connectivity index (χ3n) is 5.38. The summed E-state index contributed by atoms with van der Waals surface area (Å²) in [4.78, 5) is 8.75. The second-order valence-corrected chi connectivity index (χ2v) is 7.51. The van der Waals surface area contributed by atoms with Gasteiger partial charge >= 0.3 is 6.18 Å². The maximum absolute atomic E-state index is 12.9. The van der Waals surface area contributed by atoms with Gasteiger partial charge < -0.3 is 14.5 Å². The van der Waals surface area contributed by atoms with Gasteiger partial charge in [0, 0.05) is 38.2 Å². The van der Waals surface area contributed by atoms with Crippen molar-refractivity contribution in [2.45, 2.75) is 19.0 Å². The fraction of sp³-hybridized carbons (Fsp3) is 0.364. The van der Waals surface area contributed by atoms with E-state index in [9.17, 15) is 18.3 Å². The number of hydrogen-bond donors (Lipinski definition) is 1. The zero-order valence-electron chi connectivity index (χ0n) is 16.8. The second-order valence-electron chi connectivity index (χ2n) is 7.51. The molecule has 0 radical (unpaired) electrons. The van der Waals surface area contributed by atoms with Crippen LogP contribution in [0.2, 0.25) is 0 Å². The van der Waals surface area contributed by atoms with E-state index in [0.717, 1.165) is 57.0 Å². The average Bonchev–Trinajstić information content (AvgIpc) is 3.23. The Balaban J connectivity index is 1.26. The van der Waals surface area contributed by atoms with Crippen LogP contribution >= 0.6 is 0 Å². The maximum Gasteiger partial charge on any atom is 0.416 e. The largest absolute Gasteiger partial charge is 0.506 e. The molecule has 6 nitrogen and oxygen atoms in total. The Hall–Kier alpha value is -3.07. The minimum atomic E-state index is -4.41. The van der Waals surface area contributed by atoms with Crippen LogP contribution in [0.5, 0.6) is 5.75 Å². The Labute approximate surface area is 177 Å². The van der Waals surface area contributed by atoms with Gasteiger partial charge in [0.15, 0.2) is 0 Å². The monoisotopic (exact) mass is 432 g/mol. The fourth-order valence-corrected chi connectivity index (χ4v) is 3.71. The normalized spacial score (nSPS) is 15.4. The van der Waals surface area contributed by atoms with Crippen molar-refractivity contribution in [3.8, 4) is 17.1 Å². The number of alkyl halides is 3. The lowest BCUT2D eigenvalue weighted by atomic mass is 10.1. The molecule has 1 aliphatic heterocycles. The number of aromatic nitrogens is 2. The number of benzene rings is 2. The first-order chi connectivity index (χ1) is 14.9. The topological polar surface area (TPSA) is 65.6 Å². The van der Waals surface area contributed by atoms with Gasteiger partial charge in [0.2, 0.25) is 11.7 Å². The average molecular weight is 432 g/mol. The van der Waals surface area contributed by atoms with Crippen LogP contribution in [0.15, 0.2) is 53.1 Å². The molecule has 3 aromatic rings. The summed E-state index contributed by atoms with van der Waals surface area (Å²) in [6.45, 7) is 4.28. The molecule has 31 heavy (non-hydrogen) atoms. The van der Waals surface area contributed by atoms with Crippen molar-refractivity contribution >= 4 is 5.69 Å². The molecule has 0 saturated carbocycles. The number of phenolic OH excluding ortho intramolecular Hbond substituents is 1. The number of aryl methyl sites for hydroxylation is 1. The smallest absolute Gasteiger partial charge is 0.416 e. The number of nitrogens with zero attached hydrogens (tertiary/aromatic N) is 4. The standard InChI is InChI=1S/C22H23F3N4O2/c23-22(24,25)17-6-3-5-16(15-17)21-26-20(31-27-21)9-4-10-28-11-13-29(14-12-28)18-7-1-2-8-19(18)30/h1-3,5-8,15,30H,4,9-14H2. The summed E-state index contributed by atoms with van der Waals surface area (Å²) in [5.41, 5.74) is 0.402. The van der Waals surface area contributed by atoms with E-state index in [2.05, 4.69) is 19.9 Å². The van der Waals surface area contributed by atoms with Gasteiger partial charge in [-0.25, -0.2) is 0 Å². The van der Waals surface area contributed by atoms with Gasteiger partial charge in [-0.1, -0.05) is 29.4 Å². The Morgan fingerprint density at radius 2 is 1.77 bits per heavy atom. The van der Waals surface area contributed by atoms with Crippen molar-refractivity contribution in [3.05, 3.63) is 60.0 Å². The van der Waals surface area contributed by atoms with Crippen LogP contribution in [0.1, 0.15) is 17.9 Å². The lowest BCUT2D eigenvalue weighted by molar-refractivity contribution is -0.137. The summed E-state index contributed by atoms with van der Waals surface area (Å²) >= 11 is 0. The minimum Gasteiger partial charge on any atom is -0.506 e. The highest BCUT2D eigenvalue weighted by molar-refractivity contribution is 5.58. The molecule has 1 saturated heterocycles. The van der Waals surface area contributed by atoms with E-state index >= 15 is 0 Å². The minimum absolute atomic E-state index is 0.164. The van der Waals surface area contributed by atoms with Gasteiger partial charge in [0.25, 0.3) is 0 Å². The number of piperazine rings is 1. The number of para-hydroxylation sites is 2. The van der Waals surface area contributed by atoms with Gasteiger partial charge in [-0.3, -0.25) is 4.90 Å². The Bertz CT molecular complexity index is 1010. The lowest BCUT2D eigenvalue weighted by Crippen LogP contribution is -2.46. The zero-order chi connectivity index (χ0) is 21.8. The van der Waals surface area contributed by atoms with Crippen molar-refractivity contribution in [2.75, 3.05) is 37.6 Å². The molecule has 0 aliphatic carbocycles. The van der Waals surface area contributed by atoms with Crippen molar-refractivity contribution in [3.63, 3.8) is 0 Å². The predicted octanol–water partition coefficient (Wildman–Crippen LogP) is 4.22. The lowest BCUT2D eigenvalue weighted by Gasteiger charge is -2.36. The molecule has 0 atom stereocenters. The van der Waals surface area contributed by atoms with Gasteiger partial charge in [-0.05, 0) is 37.2 Å². The number of aromatic hydroxyl groups is 1. The molecule has 0 spiro atoms. The second kappa shape index (κ2) is 8.97. The summed E-state index contributed by atoms with van der Waals surface area (Å²) in [5, 5.41) is 13.8. The van der Waals surface area contributed by atoms with Gasteiger partial charge in [0.05, 0.1) is 11.3 Å². The van der Waals surface area contributed by atoms with E-state index < -0.39 is 11.7 Å².